The monoisotopic (exact) mass is 234 g/mol. The van der Waals surface area contributed by atoms with Gasteiger partial charge in [0.2, 0.25) is 0 Å². The van der Waals surface area contributed by atoms with Crippen LogP contribution in [0.3, 0.4) is 0 Å². The lowest BCUT2D eigenvalue weighted by Crippen LogP contribution is -2.60. The summed E-state index contributed by atoms with van der Waals surface area (Å²) in [5, 5.41) is 0. The Labute approximate surface area is 92.7 Å². The van der Waals surface area contributed by atoms with Gasteiger partial charge in [-0.25, -0.2) is 13.6 Å². The normalized spacial score (nSPS) is 34.1. The highest BCUT2D eigenvalue weighted by atomic mass is 19.3. The predicted molar refractivity (Wildman–Crippen MR) is 53.2 cm³/mol. The Morgan fingerprint density at radius 2 is 1.81 bits per heavy atom. The fraction of sp³-hybridized carbons (Fsp3) is 0.900. The smallest absolute Gasteiger partial charge is 0.404 e. The minimum absolute atomic E-state index is 0.126. The molecular weight excluding hydrogens is 218 g/mol. The number of hydrogen-bond donors (Lipinski definition) is 1. The average molecular weight is 234 g/mol. The Balaban J connectivity index is 1.72. The molecule has 1 heterocycles. The largest absolute Gasteiger partial charge is 0.446 e. The zero-order valence-electron chi connectivity index (χ0n) is 8.99. The minimum atomic E-state index is -2.50. The van der Waals surface area contributed by atoms with Crippen molar-refractivity contribution in [1.29, 1.82) is 0 Å². The molecule has 0 aromatic rings. The van der Waals surface area contributed by atoms with Crippen LogP contribution in [0.5, 0.6) is 0 Å². The van der Waals surface area contributed by atoms with Crippen molar-refractivity contribution in [2.75, 3.05) is 13.1 Å². The maximum absolute atomic E-state index is 12.7. The summed E-state index contributed by atoms with van der Waals surface area (Å²) in [5.41, 5.74) is 4.92. The molecule has 0 bridgehead atoms. The second-order valence-corrected chi connectivity index (χ2v) is 4.63. The first-order valence-electron chi connectivity index (χ1n) is 5.54. The van der Waals surface area contributed by atoms with Crippen LogP contribution in [0.4, 0.5) is 13.6 Å². The first-order chi connectivity index (χ1) is 7.46. The van der Waals surface area contributed by atoms with Crippen molar-refractivity contribution < 1.29 is 18.3 Å². The highest BCUT2D eigenvalue weighted by Gasteiger charge is 2.47. The van der Waals surface area contributed by atoms with Crippen LogP contribution in [0.1, 0.15) is 25.7 Å². The third kappa shape index (κ3) is 2.61. The van der Waals surface area contributed by atoms with E-state index in [0.29, 0.717) is 0 Å². The van der Waals surface area contributed by atoms with Gasteiger partial charge in [-0.3, -0.25) is 4.90 Å². The molecule has 1 amide bonds. The zero-order valence-corrected chi connectivity index (χ0v) is 8.99. The zero-order chi connectivity index (χ0) is 11.8. The van der Waals surface area contributed by atoms with Crippen molar-refractivity contribution in [3.05, 3.63) is 0 Å². The molecule has 4 nitrogen and oxygen atoms in total. The van der Waals surface area contributed by atoms with Gasteiger partial charge in [-0.1, -0.05) is 0 Å². The molecule has 2 rings (SSSR count). The quantitative estimate of drug-likeness (QED) is 0.784. The molecule has 2 fully saturated rings. The maximum atomic E-state index is 12.7. The van der Waals surface area contributed by atoms with Gasteiger partial charge in [-0.15, -0.1) is 0 Å². The Kier molecular flexibility index (Phi) is 3.01. The van der Waals surface area contributed by atoms with E-state index in [1.54, 1.807) is 4.90 Å². The highest BCUT2D eigenvalue weighted by Crippen LogP contribution is 2.34. The fourth-order valence-corrected chi connectivity index (χ4v) is 2.50. The number of halogens is 2. The Morgan fingerprint density at radius 3 is 2.25 bits per heavy atom. The summed E-state index contributed by atoms with van der Waals surface area (Å²) in [6.07, 6.45) is 2.16. The molecule has 2 aliphatic rings. The summed E-state index contributed by atoms with van der Waals surface area (Å²) >= 11 is 0. The van der Waals surface area contributed by atoms with E-state index in [-0.39, 0.29) is 25.2 Å². The van der Waals surface area contributed by atoms with Gasteiger partial charge in [0, 0.05) is 6.04 Å². The van der Waals surface area contributed by atoms with Crippen LogP contribution in [0.15, 0.2) is 0 Å². The van der Waals surface area contributed by atoms with Gasteiger partial charge in [-0.05, 0) is 25.7 Å². The molecule has 0 aromatic carbocycles. The number of ether oxygens (including phenoxy) is 1. The first-order valence-corrected chi connectivity index (χ1v) is 5.54. The molecule has 1 aliphatic carbocycles. The van der Waals surface area contributed by atoms with E-state index in [2.05, 4.69) is 0 Å². The summed E-state index contributed by atoms with van der Waals surface area (Å²) < 4.78 is 30.2. The van der Waals surface area contributed by atoms with Crippen LogP contribution in [-0.2, 0) is 4.74 Å². The molecule has 92 valence electrons. The van der Waals surface area contributed by atoms with E-state index in [9.17, 15) is 13.6 Å². The lowest BCUT2D eigenvalue weighted by atomic mass is 9.89. The lowest BCUT2D eigenvalue weighted by molar-refractivity contribution is -0.151. The summed E-state index contributed by atoms with van der Waals surface area (Å²) in [6.45, 7) is -0.252. The van der Waals surface area contributed by atoms with Crippen molar-refractivity contribution in [1.82, 2.24) is 4.90 Å². The number of alkyl halides is 2. The SMILES string of the molecule is NC(=O)OC1CCC(N2CC(F)(F)C2)CC1. The lowest BCUT2D eigenvalue weighted by Gasteiger charge is -2.45. The fourth-order valence-electron chi connectivity index (χ4n) is 2.50. The topological polar surface area (TPSA) is 55.6 Å². The Morgan fingerprint density at radius 1 is 1.25 bits per heavy atom. The van der Waals surface area contributed by atoms with Crippen molar-refractivity contribution in [2.24, 2.45) is 5.73 Å². The standard InChI is InChI=1S/C10H16F2N2O2/c11-10(12)5-14(6-10)7-1-3-8(4-2-7)16-9(13)15/h7-8H,1-6H2,(H2,13,15). The summed E-state index contributed by atoms with van der Waals surface area (Å²) in [5.74, 6) is -2.50. The summed E-state index contributed by atoms with van der Waals surface area (Å²) in [6, 6.07) is 0.215. The average Bonchev–Trinajstić information content (AvgIpc) is 2.14. The number of amides is 1. The first kappa shape index (κ1) is 11.6. The number of nitrogens with two attached hydrogens (primary N) is 1. The molecule has 0 unspecified atom stereocenters. The number of carbonyl (C=O) groups is 1. The number of carbonyl (C=O) groups excluding carboxylic acids is 1. The van der Waals surface area contributed by atoms with Crippen LogP contribution in [0.2, 0.25) is 0 Å². The van der Waals surface area contributed by atoms with E-state index in [1.165, 1.54) is 0 Å². The molecule has 6 heteroatoms. The molecule has 0 spiro atoms. The second kappa shape index (κ2) is 4.16. The summed E-state index contributed by atoms with van der Waals surface area (Å²) in [7, 11) is 0. The third-order valence-electron chi connectivity index (χ3n) is 3.31. The number of primary amides is 1. The molecule has 1 aliphatic heterocycles. The van der Waals surface area contributed by atoms with E-state index in [4.69, 9.17) is 10.5 Å². The molecule has 16 heavy (non-hydrogen) atoms. The summed E-state index contributed by atoms with van der Waals surface area (Å²) in [4.78, 5) is 12.3. The van der Waals surface area contributed by atoms with Gasteiger partial charge < -0.3 is 10.5 Å². The number of hydrogen-bond acceptors (Lipinski definition) is 3. The van der Waals surface area contributed by atoms with E-state index < -0.39 is 12.0 Å². The van der Waals surface area contributed by atoms with Gasteiger partial charge >= 0.3 is 6.09 Å². The van der Waals surface area contributed by atoms with Crippen molar-refractivity contribution in [3.8, 4) is 0 Å². The molecule has 0 atom stereocenters. The van der Waals surface area contributed by atoms with Gasteiger partial charge in [0.1, 0.15) is 6.10 Å². The number of rotatable bonds is 2. The van der Waals surface area contributed by atoms with Gasteiger partial charge in [0.25, 0.3) is 5.92 Å². The van der Waals surface area contributed by atoms with E-state index >= 15 is 0 Å². The molecular formula is C10H16F2N2O2. The third-order valence-corrected chi connectivity index (χ3v) is 3.31. The van der Waals surface area contributed by atoms with Crippen LogP contribution >= 0.6 is 0 Å². The predicted octanol–water partition coefficient (Wildman–Crippen LogP) is 1.34. The molecule has 1 saturated heterocycles. The Hall–Kier alpha value is -0.910. The van der Waals surface area contributed by atoms with Crippen molar-refractivity contribution >= 4 is 6.09 Å². The molecule has 2 N–H and O–H groups in total. The van der Waals surface area contributed by atoms with Gasteiger partial charge in [-0.2, -0.15) is 0 Å². The van der Waals surface area contributed by atoms with Crippen molar-refractivity contribution in [3.63, 3.8) is 0 Å². The van der Waals surface area contributed by atoms with Crippen LogP contribution in [0.25, 0.3) is 0 Å². The molecule has 0 aromatic heterocycles. The molecule has 1 saturated carbocycles. The van der Waals surface area contributed by atoms with E-state index in [0.717, 1.165) is 25.7 Å². The van der Waals surface area contributed by atoms with Gasteiger partial charge in [0.15, 0.2) is 0 Å². The van der Waals surface area contributed by atoms with E-state index in [1.807, 2.05) is 0 Å². The Bertz CT molecular complexity index is 270. The van der Waals surface area contributed by atoms with Crippen LogP contribution in [-0.4, -0.2) is 42.2 Å². The number of nitrogens with zero attached hydrogens (tertiary/aromatic N) is 1. The number of likely N-dealkylation sites (tertiary alicyclic amines) is 1. The highest BCUT2D eigenvalue weighted by molar-refractivity contribution is 5.64. The molecule has 0 radical (unpaired) electrons. The second-order valence-electron chi connectivity index (χ2n) is 4.63. The van der Waals surface area contributed by atoms with Crippen molar-refractivity contribution in [2.45, 2.75) is 43.8 Å². The minimum Gasteiger partial charge on any atom is -0.446 e. The van der Waals surface area contributed by atoms with Crippen LogP contribution < -0.4 is 5.73 Å². The van der Waals surface area contributed by atoms with Gasteiger partial charge in [0.05, 0.1) is 13.1 Å². The maximum Gasteiger partial charge on any atom is 0.404 e. The van der Waals surface area contributed by atoms with Crippen LogP contribution in [0, 0.1) is 0 Å².